The summed E-state index contributed by atoms with van der Waals surface area (Å²) in [5.41, 5.74) is 1.14. The predicted molar refractivity (Wildman–Crippen MR) is 76.3 cm³/mol. The van der Waals surface area contributed by atoms with Crippen molar-refractivity contribution in [3.8, 4) is 0 Å². The van der Waals surface area contributed by atoms with Gasteiger partial charge in [0, 0.05) is 18.3 Å². The van der Waals surface area contributed by atoms with E-state index < -0.39 is 0 Å². The van der Waals surface area contributed by atoms with Gasteiger partial charge >= 0.3 is 0 Å². The lowest BCUT2D eigenvalue weighted by Gasteiger charge is -2.11. The molecule has 1 N–H and O–H groups in total. The van der Waals surface area contributed by atoms with Crippen LogP contribution in [0.1, 0.15) is 25.8 Å². The second-order valence-corrected chi connectivity index (χ2v) is 4.95. The first-order valence-corrected chi connectivity index (χ1v) is 7.18. The molecule has 0 aliphatic rings. The highest BCUT2D eigenvalue weighted by molar-refractivity contribution is 7.99. The van der Waals surface area contributed by atoms with Crippen molar-refractivity contribution >= 4 is 17.6 Å². The quantitative estimate of drug-likeness (QED) is 0.818. The van der Waals surface area contributed by atoms with Gasteiger partial charge in [0.1, 0.15) is 28.5 Å². The van der Waals surface area contributed by atoms with Crippen LogP contribution < -0.4 is 5.32 Å². The third kappa shape index (κ3) is 3.64. The maximum absolute atomic E-state index is 4.36. The minimum absolute atomic E-state index is 0.889. The van der Waals surface area contributed by atoms with E-state index >= 15 is 0 Å². The third-order valence-corrected chi connectivity index (χ3v) is 3.55. The van der Waals surface area contributed by atoms with Gasteiger partial charge in [0.15, 0.2) is 0 Å². The zero-order valence-corrected chi connectivity index (χ0v) is 11.9. The van der Waals surface area contributed by atoms with Crippen molar-refractivity contribution in [1.82, 2.24) is 19.9 Å². The molecule has 0 bridgehead atoms. The molecule has 0 atom stereocenters. The largest absolute Gasteiger partial charge is 0.370 e. The first-order valence-electron chi connectivity index (χ1n) is 6.36. The Bertz CT molecular complexity index is 518. The molecule has 2 rings (SSSR count). The molecule has 0 aliphatic heterocycles. The minimum atomic E-state index is 0.889. The van der Waals surface area contributed by atoms with Gasteiger partial charge < -0.3 is 5.32 Å². The van der Waals surface area contributed by atoms with Crippen molar-refractivity contribution in [2.75, 3.05) is 11.9 Å². The molecule has 0 saturated carbocycles. The fraction of sp³-hybridized carbons (Fsp3) is 0.385. The normalized spacial score (nSPS) is 10.4. The second kappa shape index (κ2) is 7.04. The molecule has 19 heavy (non-hydrogen) atoms. The van der Waals surface area contributed by atoms with Gasteiger partial charge in [0.25, 0.3) is 0 Å². The summed E-state index contributed by atoms with van der Waals surface area (Å²) in [6.45, 7) is 5.16. The Hall–Kier alpha value is -1.69. The van der Waals surface area contributed by atoms with Gasteiger partial charge in [-0.1, -0.05) is 13.8 Å². The molecule has 5 nitrogen and oxygen atoms in total. The zero-order valence-electron chi connectivity index (χ0n) is 11.1. The van der Waals surface area contributed by atoms with E-state index in [4.69, 9.17) is 0 Å². The standard InChI is InChI=1S/C13H17N5S/c1-3-6-15-12-10(4-2)13(18-9-17-12)19-11-5-7-14-8-16-11/h5,7-9H,3-4,6H2,1-2H3,(H,15,17,18). The van der Waals surface area contributed by atoms with Crippen LogP contribution in [0.15, 0.2) is 35.0 Å². The fourth-order valence-electron chi connectivity index (χ4n) is 1.64. The molecule has 100 valence electrons. The van der Waals surface area contributed by atoms with Crippen molar-refractivity contribution in [2.45, 2.75) is 36.7 Å². The Labute approximate surface area is 117 Å². The molecule has 0 amide bonds. The highest BCUT2D eigenvalue weighted by Gasteiger charge is 2.11. The van der Waals surface area contributed by atoms with E-state index in [0.29, 0.717) is 0 Å². The van der Waals surface area contributed by atoms with E-state index in [1.165, 1.54) is 0 Å². The highest BCUT2D eigenvalue weighted by atomic mass is 32.2. The number of hydrogen-bond acceptors (Lipinski definition) is 6. The summed E-state index contributed by atoms with van der Waals surface area (Å²) in [5, 5.41) is 5.19. The van der Waals surface area contributed by atoms with Crippen molar-refractivity contribution in [3.05, 3.63) is 30.5 Å². The van der Waals surface area contributed by atoms with Crippen LogP contribution in [-0.4, -0.2) is 26.5 Å². The number of nitrogens with zero attached hydrogens (tertiary/aromatic N) is 4. The van der Waals surface area contributed by atoms with Crippen LogP contribution >= 0.6 is 11.8 Å². The van der Waals surface area contributed by atoms with Gasteiger partial charge in [-0.05, 0) is 30.7 Å². The molecule has 2 heterocycles. The monoisotopic (exact) mass is 275 g/mol. The third-order valence-electron chi connectivity index (χ3n) is 2.56. The van der Waals surface area contributed by atoms with Crippen LogP contribution in [0, 0.1) is 0 Å². The van der Waals surface area contributed by atoms with Crippen molar-refractivity contribution < 1.29 is 0 Å². The number of rotatable bonds is 6. The molecular formula is C13H17N5S. The summed E-state index contributed by atoms with van der Waals surface area (Å²) in [6, 6.07) is 1.88. The minimum Gasteiger partial charge on any atom is -0.370 e. The lowest BCUT2D eigenvalue weighted by atomic mass is 10.2. The smallest absolute Gasteiger partial charge is 0.133 e. The van der Waals surface area contributed by atoms with Gasteiger partial charge in [-0.25, -0.2) is 19.9 Å². The summed E-state index contributed by atoms with van der Waals surface area (Å²) in [5.74, 6) is 0.927. The molecule has 2 aromatic rings. The Kier molecular flexibility index (Phi) is 5.09. The molecule has 0 unspecified atom stereocenters. The van der Waals surface area contributed by atoms with E-state index in [9.17, 15) is 0 Å². The predicted octanol–water partition coefficient (Wildman–Crippen LogP) is 2.80. The Balaban J connectivity index is 2.24. The summed E-state index contributed by atoms with van der Waals surface area (Å²) < 4.78 is 0. The lowest BCUT2D eigenvalue weighted by Crippen LogP contribution is -2.07. The second-order valence-electron chi connectivity index (χ2n) is 3.94. The van der Waals surface area contributed by atoms with Crippen molar-refractivity contribution in [1.29, 1.82) is 0 Å². The Morgan fingerprint density at radius 3 is 2.74 bits per heavy atom. The van der Waals surface area contributed by atoms with Crippen LogP contribution in [0.4, 0.5) is 5.82 Å². The summed E-state index contributed by atoms with van der Waals surface area (Å²) in [4.78, 5) is 16.8. The van der Waals surface area contributed by atoms with Crippen LogP contribution in [0.2, 0.25) is 0 Å². The molecule has 0 aliphatic carbocycles. The first-order chi connectivity index (χ1) is 9.35. The lowest BCUT2D eigenvalue weighted by molar-refractivity contribution is 0.909. The highest BCUT2D eigenvalue weighted by Crippen LogP contribution is 2.29. The van der Waals surface area contributed by atoms with Crippen molar-refractivity contribution in [3.63, 3.8) is 0 Å². The van der Waals surface area contributed by atoms with Crippen LogP contribution in [0.25, 0.3) is 0 Å². The Morgan fingerprint density at radius 1 is 1.16 bits per heavy atom. The summed E-state index contributed by atoms with van der Waals surface area (Å²) in [7, 11) is 0. The van der Waals surface area contributed by atoms with E-state index in [1.807, 2.05) is 6.07 Å². The number of hydrogen-bond donors (Lipinski definition) is 1. The molecule has 6 heteroatoms. The molecule has 2 aromatic heterocycles. The molecule has 0 saturated heterocycles. The van der Waals surface area contributed by atoms with Gasteiger partial charge in [0.05, 0.1) is 0 Å². The maximum Gasteiger partial charge on any atom is 0.133 e. The molecule has 0 fully saturated rings. The number of anilines is 1. The van der Waals surface area contributed by atoms with E-state index in [-0.39, 0.29) is 0 Å². The summed E-state index contributed by atoms with van der Waals surface area (Å²) >= 11 is 1.54. The van der Waals surface area contributed by atoms with E-state index in [1.54, 1.807) is 30.6 Å². The number of aromatic nitrogens is 4. The molecular weight excluding hydrogens is 258 g/mol. The average molecular weight is 275 g/mol. The molecule has 0 radical (unpaired) electrons. The fourth-order valence-corrected chi connectivity index (χ4v) is 2.53. The average Bonchev–Trinajstić information content (AvgIpc) is 2.46. The van der Waals surface area contributed by atoms with E-state index in [2.05, 4.69) is 39.1 Å². The van der Waals surface area contributed by atoms with Crippen LogP contribution in [0.3, 0.4) is 0 Å². The van der Waals surface area contributed by atoms with Crippen LogP contribution in [0.5, 0.6) is 0 Å². The van der Waals surface area contributed by atoms with Gasteiger partial charge in [-0.2, -0.15) is 0 Å². The SMILES string of the molecule is CCCNc1ncnc(Sc2ccncn2)c1CC. The van der Waals surface area contributed by atoms with Gasteiger partial charge in [-0.3, -0.25) is 0 Å². The summed E-state index contributed by atoms with van der Waals surface area (Å²) in [6.07, 6.45) is 6.84. The van der Waals surface area contributed by atoms with E-state index in [0.717, 1.165) is 40.8 Å². The van der Waals surface area contributed by atoms with Crippen LogP contribution in [-0.2, 0) is 6.42 Å². The van der Waals surface area contributed by atoms with Gasteiger partial charge in [0.2, 0.25) is 0 Å². The first kappa shape index (κ1) is 13.7. The topological polar surface area (TPSA) is 63.6 Å². The zero-order chi connectivity index (χ0) is 13.5. The van der Waals surface area contributed by atoms with Crippen molar-refractivity contribution in [2.24, 2.45) is 0 Å². The maximum atomic E-state index is 4.36. The Morgan fingerprint density at radius 2 is 2.05 bits per heavy atom. The molecule has 0 aromatic carbocycles. The number of nitrogens with one attached hydrogen (secondary N) is 1. The van der Waals surface area contributed by atoms with Gasteiger partial charge in [-0.15, -0.1) is 0 Å². The molecule has 0 spiro atoms.